The topological polar surface area (TPSA) is 39.9 Å². The molecule has 78 valence electrons. The first-order valence-corrected chi connectivity index (χ1v) is 5.25. The predicted molar refractivity (Wildman–Crippen MR) is 60.0 cm³/mol. The molecule has 0 aliphatic heterocycles. The van der Waals surface area contributed by atoms with Crippen molar-refractivity contribution >= 4 is 15.9 Å². The zero-order chi connectivity index (χ0) is 10.8. The van der Waals surface area contributed by atoms with E-state index in [1.165, 1.54) is 0 Å². The maximum atomic E-state index is 5.57. The van der Waals surface area contributed by atoms with Gasteiger partial charge in [0.25, 0.3) is 0 Å². The Balaban J connectivity index is 2.25. The minimum atomic E-state index is 0.548. The first-order valence-electron chi connectivity index (χ1n) is 4.46. The molecule has 0 fully saturated rings. The highest BCUT2D eigenvalue weighted by Gasteiger charge is 2.05. The van der Waals surface area contributed by atoms with Crippen LogP contribution in [0.5, 0.6) is 11.8 Å². The number of halogens is 1. The summed E-state index contributed by atoms with van der Waals surface area (Å²) >= 11 is 3.29. The average molecular weight is 268 g/mol. The Morgan fingerprint density at radius 3 is 2.80 bits per heavy atom. The summed E-state index contributed by atoms with van der Waals surface area (Å²) in [6, 6.07) is 7.38. The van der Waals surface area contributed by atoms with Crippen LogP contribution in [0, 0.1) is 6.92 Å². The third-order valence-electron chi connectivity index (χ3n) is 1.86. The van der Waals surface area contributed by atoms with Gasteiger partial charge in [-0.15, -0.1) is 0 Å². The number of hydrogen-bond donors (Lipinski definition) is 0. The van der Waals surface area contributed by atoms with Crippen LogP contribution in [0.25, 0.3) is 0 Å². The number of pyridine rings is 1. The van der Waals surface area contributed by atoms with Crippen molar-refractivity contribution in [2.75, 3.05) is 0 Å². The molecule has 0 aliphatic carbocycles. The molecule has 0 N–H and O–H groups in total. The highest BCUT2D eigenvalue weighted by molar-refractivity contribution is 9.10. The molecule has 4 nitrogen and oxygen atoms in total. The van der Waals surface area contributed by atoms with Crippen molar-refractivity contribution in [2.45, 2.75) is 6.92 Å². The number of aryl methyl sites for hydroxylation is 2. The van der Waals surface area contributed by atoms with Crippen molar-refractivity contribution < 1.29 is 4.74 Å². The molecular weight excluding hydrogens is 258 g/mol. The predicted octanol–water partition coefficient (Wildman–Crippen LogP) is 2.68. The average Bonchev–Trinajstić information content (AvgIpc) is 2.45. The summed E-state index contributed by atoms with van der Waals surface area (Å²) in [7, 11) is 1.83. The Bertz CT molecular complexity index is 481. The van der Waals surface area contributed by atoms with Gasteiger partial charge in [0.2, 0.25) is 11.8 Å². The standard InChI is InChI=1S/C10H10BrN3O/c1-7-6-10(14(2)13-7)15-9-5-3-4-8(11)12-9/h3-6H,1-2H3. The lowest BCUT2D eigenvalue weighted by molar-refractivity contribution is 0.415. The molecule has 0 amide bonds. The molecule has 0 atom stereocenters. The van der Waals surface area contributed by atoms with E-state index in [1.807, 2.05) is 32.2 Å². The van der Waals surface area contributed by atoms with Gasteiger partial charge in [-0.3, -0.25) is 0 Å². The van der Waals surface area contributed by atoms with Crippen LogP contribution in [-0.4, -0.2) is 14.8 Å². The van der Waals surface area contributed by atoms with Gasteiger partial charge in [0.15, 0.2) is 0 Å². The van der Waals surface area contributed by atoms with E-state index in [1.54, 1.807) is 10.7 Å². The monoisotopic (exact) mass is 267 g/mol. The number of aromatic nitrogens is 3. The molecule has 15 heavy (non-hydrogen) atoms. The minimum absolute atomic E-state index is 0.548. The second-order valence-corrected chi connectivity index (χ2v) is 3.96. The molecule has 5 heteroatoms. The Morgan fingerprint density at radius 1 is 1.40 bits per heavy atom. The fourth-order valence-electron chi connectivity index (χ4n) is 1.24. The van der Waals surface area contributed by atoms with E-state index in [-0.39, 0.29) is 0 Å². The van der Waals surface area contributed by atoms with Crippen LogP contribution in [0.3, 0.4) is 0 Å². The van der Waals surface area contributed by atoms with Crippen molar-refractivity contribution in [2.24, 2.45) is 7.05 Å². The molecule has 0 bridgehead atoms. The molecule has 2 aromatic rings. The summed E-state index contributed by atoms with van der Waals surface area (Å²) in [5.41, 5.74) is 0.919. The van der Waals surface area contributed by atoms with Crippen molar-refractivity contribution in [3.63, 3.8) is 0 Å². The summed E-state index contributed by atoms with van der Waals surface area (Å²) in [4.78, 5) is 4.17. The van der Waals surface area contributed by atoms with Gasteiger partial charge in [0.1, 0.15) is 4.60 Å². The summed E-state index contributed by atoms with van der Waals surface area (Å²) in [5, 5.41) is 4.18. The molecule has 2 aromatic heterocycles. The highest BCUT2D eigenvalue weighted by Crippen LogP contribution is 2.20. The molecule has 0 saturated heterocycles. The first-order chi connectivity index (χ1) is 7.15. The van der Waals surface area contributed by atoms with Crippen molar-refractivity contribution in [1.29, 1.82) is 0 Å². The Kier molecular flexibility index (Phi) is 2.73. The number of nitrogens with zero attached hydrogens (tertiary/aromatic N) is 3. The van der Waals surface area contributed by atoms with Crippen molar-refractivity contribution in [3.05, 3.63) is 34.6 Å². The number of rotatable bonds is 2. The van der Waals surface area contributed by atoms with Crippen LogP contribution in [0.2, 0.25) is 0 Å². The van der Waals surface area contributed by atoms with E-state index < -0.39 is 0 Å². The molecule has 2 heterocycles. The van der Waals surface area contributed by atoms with Gasteiger partial charge in [-0.2, -0.15) is 5.10 Å². The zero-order valence-electron chi connectivity index (χ0n) is 8.44. The highest BCUT2D eigenvalue weighted by atomic mass is 79.9. The van der Waals surface area contributed by atoms with E-state index in [2.05, 4.69) is 26.0 Å². The molecule has 2 rings (SSSR count). The summed E-state index contributed by atoms with van der Waals surface area (Å²) in [5.74, 6) is 1.23. The van der Waals surface area contributed by atoms with Gasteiger partial charge in [-0.05, 0) is 28.9 Å². The molecule has 0 unspecified atom stereocenters. The first kappa shape index (κ1) is 10.2. The molecule has 0 spiro atoms. The summed E-state index contributed by atoms with van der Waals surface area (Å²) in [6.07, 6.45) is 0. The second-order valence-electron chi connectivity index (χ2n) is 3.15. The van der Waals surface area contributed by atoms with Gasteiger partial charge >= 0.3 is 0 Å². The smallest absolute Gasteiger partial charge is 0.222 e. The minimum Gasteiger partial charge on any atom is -0.421 e. The third-order valence-corrected chi connectivity index (χ3v) is 2.30. The SMILES string of the molecule is Cc1cc(Oc2cccc(Br)n2)n(C)n1. The maximum Gasteiger partial charge on any atom is 0.222 e. The molecule has 0 saturated carbocycles. The van der Waals surface area contributed by atoms with Crippen LogP contribution in [0.4, 0.5) is 0 Å². The lowest BCUT2D eigenvalue weighted by Crippen LogP contribution is -1.96. The van der Waals surface area contributed by atoms with Crippen LogP contribution in [0.1, 0.15) is 5.69 Å². The molecular formula is C10H10BrN3O. The van der Waals surface area contributed by atoms with E-state index in [0.717, 1.165) is 10.3 Å². The van der Waals surface area contributed by atoms with Gasteiger partial charge in [0.05, 0.1) is 5.69 Å². The lowest BCUT2D eigenvalue weighted by atomic mass is 10.5. The normalized spacial score (nSPS) is 10.3. The van der Waals surface area contributed by atoms with Crippen LogP contribution < -0.4 is 4.74 Å². The van der Waals surface area contributed by atoms with Gasteiger partial charge in [0, 0.05) is 19.2 Å². The van der Waals surface area contributed by atoms with Crippen molar-refractivity contribution in [1.82, 2.24) is 14.8 Å². The van der Waals surface area contributed by atoms with Crippen LogP contribution in [-0.2, 0) is 7.05 Å². The Morgan fingerprint density at radius 2 is 2.20 bits per heavy atom. The number of ether oxygens (including phenoxy) is 1. The Hall–Kier alpha value is -1.36. The van der Waals surface area contributed by atoms with Crippen LogP contribution >= 0.6 is 15.9 Å². The largest absolute Gasteiger partial charge is 0.421 e. The van der Waals surface area contributed by atoms with Crippen molar-refractivity contribution in [3.8, 4) is 11.8 Å². The maximum absolute atomic E-state index is 5.57. The molecule has 0 aliphatic rings. The third kappa shape index (κ3) is 2.36. The fraction of sp³-hybridized carbons (Fsp3) is 0.200. The number of hydrogen-bond acceptors (Lipinski definition) is 3. The summed E-state index contributed by atoms with van der Waals surface area (Å²) < 4.78 is 8.00. The second kappa shape index (κ2) is 4.02. The van der Waals surface area contributed by atoms with Gasteiger partial charge < -0.3 is 4.74 Å². The van der Waals surface area contributed by atoms with E-state index in [4.69, 9.17) is 4.74 Å². The van der Waals surface area contributed by atoms with Gasteiger partial charge in [-0.25, -0.2) is 9.67 Å². The zero-order valence-corrected chi connectivity index (χ0v) is 10.0. The van der Waals surface area contributed by atoms with E-state index in [0.29, 0.717) is 11.8 Å². The van der Waals surface area contributed by atoms with E-state index >= 15 is 0 Å². The fourth-order valence-corrected chi connectivity index (χ4v) is 1.56. The molecule has 0 aromatic carbocycles. The van der Waals surface area contributed by atoms with Crippen LogP contribution in [0.15, 0.2) is 28.9 Å². The molecule has 0 radical (unpaired) electrons. The quantitative estimate of drug-likeness (QED) is 0.786. The summed E-state index contributed by atoms with van der Waals surface area (Å²) in [6.45, 7) is 1.92. The van der Waals surface area contributed by atoms with Gasteiger partial charge in [-0.1, -0.05) is 6.07 Å². The van der Waals surface area contributed by atoms with E-state index in [9.17, 15) is 0 Å². The Labute approximate surface area is 96.0 Å². The lowest BCUT2D eigenvalue weighted by Gasteiger charge is -2.03.